The molecule has 154 valence electrons. The molecule has 4 rings (SSSR count). The number of amides is 2. The Kier molecular flexibility index (Phi) is 5.92. The van der Waals surface area contributed by atoms with Crippen LogP contribution < -0.4 is 10.1 Å². The van der Waals surface area contributed by atoms with Gasteiger partial charge in [0.2, 0.25) is 0 Å². The minimum absolute atomic E-state index is 0.0111. The van der Waals surface area contributed by atoms with Crippen molar-refractivity contribution < 1.29 is 14.3 Å². The molecule has 2 heterocycles. The summed E-state index contributed by atoms with van der Waals surface area (Å²) in [5.41, 5.74) is 3.67. The number of carbonyl (C=O) groups excluding carboxylic acids is 2. The van der Waals surface area contributed by atoms with Crippen LogP contribution in [0, 0.1) is 6.92 Å². The predicted molar refractivity (Wildman–Crippen MR) is 123 cm³/mol. The van der Waals surface area contributed by atoms with Gasteiger partial charge in [0, 0.05) is 33.7 Å². The van der Waals surface area contributed by atoms with Crippen LogP contribution in [0.4, 0.5) is 5.69 Å². The van der Waals surface area contributed by atoms with E-state index in [1.807, 2.05) is 24.0 Å². The molecule has 0 radical (unpaired) electrons. The predicted octanol–water partition coefficient (Wildman–Crippen LogP) is 5.28. The average Bonchev–Trinajstić information content (AvgIpc) is 3.23. The SMILES string of the molecule is COc1ccc(Br)c(C(=O)Nc2cccc(C(=O)N3CCc4sccc4C3)c2C)c1. The molecule has 1 aliphatic rings. The van der Waals surface area contributed by atoms with E-state index in [0.717, 1.165) is 12.0 Å². The molecule has 2 amide bonds. The molecular weight excluding hydrogens is 464 g/mol. The van der Waals surface area contributed by atoms with E-state index < -0.39 is 0 Å². The van der Waals surface area contributed by atoms with Crippen LogP contribution in [-0.2, 0) is 13.0 Å². The Morgan fingerprint density at radius 1 is 1.17 bits per heavy atom. The summed E-state index contributed by atoms with van der Waals surface area (Å²) < 4.78 is 5.89. The van der Waals surface area contributed by atoms with Crippen LogP contribution in [-0.4, -0.2) is 30.4 Å². The molecule has 0 fully saturated rings. The van der Waals surface area contributed by atoms with Crippen molar-refractivity contribution in [3.8, 4) is 5.75 Å². The number of benzene rings is 2. The van der Waals surface area contributed by atoms with Crippen molar-refractivity contribution in [2.24, 2.45) is 0 Å². The van der Waals surface area contributed by atoms with E-state index in [2.05, 4.69) is 32.7 Å². The highest BCUT2D eigenvalue weighted by Crippen LogP contribution is 2.28. The van der Waals surface area contributed by atoms with Gasteiger partial charge in [0.25, 0.3) is 11.8 Å². The summed E-state index contributed by atoms with van der Waals surface area (Å²) in [5.74, 6) is 0.319. The number of nitrogens with one attached hydrogen (secondary N) is 1. The second-order valence-electron chi connectivity index (χ2n) is 7.12. The van der Waals surface area contributed by atoms with Crippen LogP contribution in [0.5, 0.6) is 5.75 Å². The Morgan fingerprint density at radius 3 is 2.80 bits per heavy atom. The Labute approximate surface area is 187 Å². The van der Waals surface area contributed by atoms with Crippen LogP contribution in [0.3, 0.4) is 0 Å². The Bertz CT molecular complexity index is 1130. The molecule has 0 unspecified atom stereocenters. The van der Waals surface area contributed by atoms with Crippen molar-refractivity contribution in [1.82, 2.24) is 4.90 Å². The molecule has 0 saturated carbocycles. The second kappa shape index (κ2) is 8.62. The van der Waals surface area contributed by atoms with Crippen molar-refractivity contribution in [2.75, 3.05) is 19.0 Å². The van der Waals surface area contributed by atoms with Gasteiger partial charge in [-0.2, -0.15) is 0 Å². The highest BCUT2D eigenvalue weighted by atomic mass is 79.9. The first-order valence-corrected chi connectivity index (χ1v) is 11.2. The number of fused-ring (bicyclic) bond motifs is 1. The van der Waals surface area contributed by atoms with Crippen LogP contribution in [0.2, 0.25) is 0 Å². The summed E-state index contributed by atoms with van der Waals surface area (Å²) >= 11 is 5.17. The first-order valence-electron chi connectivity index (χ1n) is 9.57. The highest BCUT2D eigenvalue weighted by molar-refractivity contribution is 9.10. The average molecular weight is 485 g/mol. The number of methoxy groups -OCH3 is 1. The fourth-order valence-corrected chi connectivity index (χ4v) is 4.91. The van der Waals surface area contributed by atoms with Crippen molar-refractivity contribution in [1.29, 1.82) is 0 Å². The van der Waals surface area contributed by atoms with E-state index in [0.29, 0.717) is 40.1 Å². The molecule has 7 heteroatoms. The zero-order valence-corrected chi connectivity index (χ0v) is 19.1. The van der Waals surface area contributed by atoms with Gasteiger partial charge in [-0.25, -0.2) is 0 Å². The van der Waals surface area contributed by atoms with Crippen molar-refractivity contribution >= 4 is 44.8 Å². The maximum absolute atomic E-state index is 13.2. The van der Waals surface area contributed by atoms with E-state index in [4.69, 9.17) is 4.74 Å². The zero-order chi connectivity index (χ0) is 21.3. The van der Waals surface area contributed by atoms with E-state index in [1.165, 1.54) is 10.4 Å². The number of ether oxygens (including phenoxy) is 1. The smallest absolute Gasteiger partial charge is 0.256 e. The lowest BCUT2D eigenvalue weighted by Crippen LogP contribution is -2.35. The molecule has 1 aliphatic heterocycles. The molecule has 0 spiro atoms. The number of thiophene rings is 1. The van der Waals surface area contributed by atoms with Crippen molar-refractivity contribution in [2.45, 2.75) is 19.9 Å². The third-order valence-corrected chi connectivity index (χ3v) is 7.04. The number of hydrogen-bond donors (Lipinski definition) is 1. The first-order chi connectivity index (χ1) is 14.5. The lowest BCUT2D eigenvalue weighted by molar-refractivity contribution is 0.0735. The van der Waals surface area contributed by atoms with Gasteiger partial charge >= 0.3 is 0 Å². The molecule has 0 atom stereocenters. The molecule has 1 aromatic heterocycles. The van der Waals surface area contributed by atoms with Gasteiger partial charge < -0.3 is 15.0 Å². The summed E-state index contributed by atoms with van der Waals surface area (Å²) in [6, 6.07) is 12.8. The molecule has 0 saturated heterocycles. The number of anilines is 1. The fourth-order valence-electron chi connectivity index (χ4n) is 3.59. The third-order valence-electron chi connectivity index (χ3n) is 5.33. The quantitative estimate of drug-likeness (QED) is 0.547. The normalized spacial score (nSPS) is 13.0. The maximum atomic E-state index is 13.2. The van der Waals surface area contributed by atoms with E-state index in [1.54, 1.807) is 42.7 Å². The van der Waals surface area contributed by atoms with Crippen LogP contribution >= 0.6 is 27.3 Å². The molecule has 30 heavy (non-hydrogen) atoms. The lowest BCUT2D eigenvalue weighted by Gasteiger charge is -2.28. The summed E-state index contributed by atoms with van der Waals surface area (Å²) in [6.07, 6.45) is 0.887. The van der Waals surface area contributed by atoms with Crippen LogP contribution in [0.1, 0.15) is 36.7 Å². The molecule has 0 bridgehead atoms. The van der Waals surface area contributed by atoms with Gasteiger partial charge in [-0.3, -0.25) is 9.59 Å². The summed E-state index contributed by atoms with van der Waals surface area (Å²) in [5, 5.41) is 5.01. The molecule has 3 aromatic rings. The zero-order valence-electron chi connectivity index (χ0n) is 16.7. The van der Waals surface area contributed by atoms with Gasteiger partial charge in [-0.1, -0.05) is 6.07 Å². The third kappa shape index (κ3) is 4.00. The molecule has 5 nitrogen and oxygen atoms in total. The fraction of sp³-hybridized carbons (Fsp3) is 0.217. The largest absolute Gasteiger partial charge is 0.497 e. The maximum Gasteiger partial charge on any atom is 0.256 e. The van der Waals surface area contributed by atoms with Crippen LogP contribution in [0.15, 0.2) is 52.3 Å². The number of carbonyl (C=O) groups is 2. The number of nitrogens with zero attached hydrogens (tertiary/aromatic N) is 1. The van der Waals surface area contributed by atoms with Crippen molar-refractivity contribution in [3.63, 3.8) is 0 Å². The van der Waals surface area contributed by atoms with Gasteiger partial charge in [-0.15, -0.1) is 11.3 Å². The molecular formula is C23H21BrN2O3S. The minimum Gasteiger partial charge on any atom is -0.497 e. The highest BCUT2D eigenvalue weighted by Gasteiger charge is 2.24. The Morgan fingerprint density at radius 2 is 2.00 bits per heavy atom. The van der Waals surface area contributed by atoms with Crippen LogP contribution in [0.25, 0.3) is 0 Å². The Balaban J connectivity index is 1.56. The van der Waals surface area contributed by atoms with E-state index in [-0.39, 0.29) is 11.8 Å². The topological polar surface area (TPSA) is 58.6 Å². The summed E-state index contributed by atoms with van der Waals surface area (Å²) in [4.78, 5) is 29.3. The number of rotatable bonds is 4. The summed E-state index contributed by atoms with van der Waals surface area (Å²) in [7, 11) is 1.56. The Hall–Kier alpha value is -2.64. The first kappa shape index (κ1) is 20.6. The standard InChI is InChI=1S/C23H21BrN2O3S/c1-14-17(23(28)26-10-8-21-15(13-26)9-11-30-21)4-3-5-20(14)25-22(27)18-12-16(29-2)6-7-19(18)24/h3-7,9,11-12H,8,10,13H2,1-2H3,(H,25,27). The van der Waals surface area contributed by atoms with Gasteiger partial charge in [0.05, 0.1) is 12.7 Å². The van der Waals surface area contributed by atoms with Gasteiger partial charge in [-0.05, 0) is 82.2 Å². The summed E-state index contributed by atoms with van der Waals surface area (Å²) in [6.45, 7) is 3.20. The lowest BCUT2D eigenvalue weighted by atomic mass is 10.0. The monoisotopic (exact) mass is 484 g/mol. The van der Waals surface area contributed by atoms with E-state index in [9.17, 15) is 9.59 Å². The van der Waals surface area contributed by atoms with Gasteiger partial charge in [0.15, 0.2) is 0 Å². The van der Waals surface area contributed by atoms with Gasteiger partial charge in [0.1, 0.15) is 5.75 Å². The molecule has 2 aromatic carbocycles. The number of halogens is 1. The molecule has 0 aliphatic carbocycles. The van der Waals surface area contributed by atoms with Crippen molar-refractivity contribution in [3.05, 3.63) is 79.4 Å². The molecule has 1 N–H and O–H groups in total. The minimum atomic E-state index is -0.269. The van der Waals surface area contributed by atoms with E-state index >= 15 is 0 Å². The number of hydrogen-bond acceptors (Lipinski definition) is 4. The second-order valence-corrected chi connectivity index (χ2v) is 8.98.